The van der Waals surface area contributed by atoms with Crippen LogP contribution < -0.4 is 16.2 Å². The molecular weight excluding hydrogens is 360 g/mol. The Balaban J connectivity index is 1.69. The predicted molar refractivity (Wildman–Crippen MR) is 110 cm³/mol. The largest absolute Gasteiger partial charge is 0.368 e. The second-order valence-corrected chi connectivity index (χ2v) is 7.46. The normalized spacial score (nSPS) is 12.0. The number of carbonyl (C=O) groups excluding carboxylic acids is 1. The van der Waals surface area contributed by atoms with Gasteiger partial charge < -0.3 is 10.6 Å². The van der Waals surface area contributed by atoms with E-state index in [1.54, 1.807) is 27.6 Å². The van der Waals surface area contributed by atoms with Crippen LogP contribution in [-0.2, 0) is 18.3 Å². The zero-order chi connectivity index (χ0) is 19.4. The highest BCUT2D eigenvalue weighted by atomic mass is 32.1. The molecule has 1 aromatic carbocycles. The lowest BCUT2D eigenvalue weighted by atomic mass is 10.2. The van der Waals surface area contributed by atoms with Gasteiger partial charge in [-0.05, 0) is 43.8 Å². The van der Waals surface area contributed by atoms with Gasteiger partial charge in [0.25, 0.3) is 5.56 Å². The van der Waals surface area contributed by atoms with E-state index in [2.05, 4.69) is 16.7 Å². The van der Waals surface area contributed by atoms with Crippen molar-refractivity contribution in [3.05, 3.63) is 68.8 Å². The molecule has 7 heteroatoms. The van der Waals surface area contributed by atoms with Crippen LogP contribution in [0.1, 0.15) is 17.5 Å². The highest BCUT2D eigenvalue weighted by Gasteiger charge is 2.20. The first-order chi connectivity index (χ1) is 13.0. The summed E-state index contributed by atoms with van der Waals surface area (Å²) in [5, 5.41) is 8.04. The van der Waals surface area contributed by atoms with Crippen molar-refractivity contribution in [2.45, 2.75) is 26.3 Å². The maximum atomic E-state index is 12.9. The fraction of sp³-hybridized carbons (Fsp3) is 0.300. The Labute approximate surface area is 162 Å². The molecule has 0 radical (unpaired) electrons. The molecule has 0 aliphatic heterocycles. The minimum Gasteiger partial charge on any atom is -0.368 e. The Kier molecular flexibility index (Phi) is 5.81. The van der Waals surface area contributed by atoms with Gasteiger partial charge in [0, 0.05) is 18.5 Å². The van der Waals surface area contributed by atoms with Gasteiger partial charge in [0.2, 0.25) is 5.91 Å². The summed E-state index contributed by atoms with van der Waals surface area (Å²) in [4.78, 5) is 26.5. The molecule has 27 heavy (non-hydrogen) atoms. The Morgan fingerprint density at radius 2 is 1.93 bits per heavy atom. The number of anilines is 1. The molecule has 1 amide bonds. The molecule has 2 aromatic heterocycles. The van der Waals surface area contributed by atoms with Crippen LogP contribution in [0.4, 0.5) is 5.69 Å². The quantitative estimate of drug-likeness (QED) is 0.658. The van der Waals surface area contributed by atoms with Gasteiger partial charge in [0.15, 0.2) is 0 Å². The maximum absolute atomic E-state index is 12.9. The number of thiophene rings is 1. The van der Waals surface area contributed by atoms with Crippen molar-refractivity contribution in [1.82, 2.24) is 14.7 Å². The number of hydrogen-bond donors (Lipinski definition) is 2. The highest BCUT2D eigenvalue weighted by molar-refractivity contribution is 7.09. The van der Waals surface area contributed by atoms with Crippen molar-refractivity contribution in [2.24, 2.45) is 7.05 Å². The summed E-state index contributed by atoms with van der Waals surface area (Å²) in [6.45, 7) is 4.21. The number of amides is 1. The molecular formula is C20H24N4O2S. The topological polar surface area (TPSA) is 68.1 Å². The van der Waals surface area contributed by atoms with Gasteiger partial charge in [-0.2, -0.15) is 0 Å². The van der Waals surface area contributed by atoms with Gasteiger partial charge in [0.05, 0.1) is 11.4 Å². The van der Waals surface area contributed by atoms with Gasteiger partial charge in [0.1, 0.15) is 11.7 Å². The van der Waals surface area contributed by atoms with E-state index in [1.807, 2.05) is 55.7 Å². The third-order valence-corrected chi connectivity index (χ3v) is 5.50. The van der Waals surface area contributed by atoms with Crippen molar-refractivity contribution in [3.63, 3.8) is 0 Å². The van der Waals surface area contributed by atoms with E-state index in [4.69, 9.17) is 0 Å². The van der Waals surface area contributed by atoms with E-state index in [1.165, 1.54) is 4.88 Å². The fourth-order valence-electron chi connectivity index (χ4n) is 2.93. The van der Waals surface area contributed by atoms with Crippen LogP contribution >= 0.6 is 11.3 Å². The number of nitrogens with zero attached hydrogens (tertiary/aromatic N) is 2. The summed E-state index contributed by atoms with van der Waals surface area (Å²) in [6, 6.07) is 13.0. The second kappa shape index (κ2) is 8.26. The number of carbonyl (C=O) groups is 1. The van der Waals surface area contributed by atoms with Crippen LogP contribution in [0.3, 0.4) is 0 Å². The average Bonchev–Trinajstić information content (AvgIpc) is 3.25. The van der Waals surface area contributed by atoms with E-state index in [0.717, 1.165) is 17.8 Å². The van der Waals surface area contributed by atoms with E-state index in [-0.39, 0.29) is 11.5 Å². The second-order valence-electron chi connectivity index (χ2n) is 6.42. The van der Waals surface area contributed by atoms with Crippen molar-refractivity contribution >= 4 is 22.9 Å². The molecule has 0 aliphatic rings. The van der Waals surface area contributed by atoms with Crippen LogP contribution in [0.25, 0.3) is 5.69 Å². The number of aromatic nitrogens is 2. The molecule has 0 fully saturated rings. The average molecular weight is 385 g/mol. The molecule has 0 saturated carbocycles. The lowest BCUT2D eigenvalue weighted by molar-refractivity contribution is -0.121. The van der Waals surface area contributed by atoms with Gasteiger partial charge in [-0.15, -0.1) is 11.3 Å². The first-order valence-electron chi connectivity index (χ1n) is 8.89. The number of para-hydroxylation sites is 1. The molecule has 6 nitrogen and oxygen atoms in total. The minimum atomic E-state index is -0.508. The summed E-state index contributed by atoms with van der Waals surface area (Å²) in [6.07, 6.45) is 0.807. The Morgan fingerprint density at radius 1 is 1.19 bits per heavy atom. The van der Waals surface area contributed by atoms with Gasteiger partial charge in [-0.25, -0.2) is 4.68 Å². The molecule has 142 valence electrons. The summed E-state index contributed by atoms with van der Waals surface area (Å²) >= 11 is 1.68. The molecule has 0 saturated heterocycles. The van der Waals surface area contributed by atoms with Crippen LogP contribution in [-0.4, -0.2) is 27.9 Å². The van der Waals surface area contributed by atoms with E-state index < -0.39 is 6.04 Å². The maximum Gasteiger partial charge on any atom is 0.295 e. The molecule has 1 unspecified atom stereocenters. The Bertz CT molecular complexity index is 958. The SMILES string of the molecule is Cc1c(NC(C)C(=O)NCCc2cccs2)c(=O)n(-c2ccccc2)n1C. The summed E-state index contributed by atoms with van der Waals surface area (Å²) < 4.78 is 3.39. The molecule has 2 N–H and O–H groups in total. The minimum absolute atomic E-state index is 0.125. The third kappa shape index (κ3) is 4.14. The number of benzene rings is 1. The van der Waals surface area contributed by atoms with Gasteiger partial charge in [-0.3, -0.25) is 14.3 Å². The lowest BCUT2D eigenvalue weighted by Gasteiger charge is -2.14. The first kappa shape index (κ1) is 19.0. The van der Waals surface area contributed by atoms with Crippen LogP contribution in [0.2, 0.25) is 0 Å². The highest BCUT2D eigenvalue weighted by Crippen LogP contribution is 2.15. The lowest BCUT2D eigenvalue weighted by Crippen LogP contribution is -2.39. The summed E-state index contributed by atoms with van der Waals surface area (Å²) in [5.74, 6) is -0.125. The fourth-order valence-corrected chi connectivity index (χ4v) is 3.64. The van der Waals surface area contributed by atoms with Crippen LogP contribution in [0.5, 0.6) is 0 Å². The van der Waals surface area contributed by atoms with Crippen molar-refractivity contribution < 1.29 is 4.79 Å². The van der Waals surface area contributed by atoms with Crippen molar-refractivity contribution in [3.8, 4) is 5.69 Å². The molecule has 2 heterocycles. The van der Waals surface area contributed by atoms with E-state index in [0.29, 0.717) is 12.2 Å². The molecule has 3 aromatic rings. The summed E-state index contributed by atoms with van der Waals surface area (Å²) in [5.41, 5.74) is 1.85. The van der Waals surface area contributed by atoms with E-state index >= 15 is 0 Å². The smallest absolute Gasteiger partial charge is 0.295 e. The zero-order valence-corrected chi connectivity index (χ0v) is 16.5. The molecule has 0 spiro atoms. The molecule has 3 rings (SSSR count). The first-order valence-corrected chi connectivity index (χ1v) is 9.77. The van der Waals surface area contributed by atoms with Crippen LogP contribution in [0, 0.1) is 6.92 Å². The number of nitrogens with one attached hydrogen (secondary N) is 2. The predicted octanol–water partition coefficient (Wildman–Crippen LogP) is 2.71. The summed E-state index contributed by atoms with van der Waals surface area (Å²) in [7, 11) is 1.83. The van der Waals surface area contributed by atoms with Gasteiger partial charge in [-0.1, -0.05) is 24.3 Å². The standard InChI is InChI=1S/C20H24N4O2S/c1-14(19(25)21-12-11-17-10-7-13-27-17)22-18-15(2)23(3)24(20(18)26)16-8-5-4-6-9-16/h4-10,13-14,22H,11-12H2,1-3H3,(H,21,25). The molecule has 1 atom stereocenters. The van der Waals surface area contributed by atoms with Crippen molar-refractivity contribution in [2.75, 3.05) is 11.9 Å². The van der Waals surface area contributed by atoms with Crippen LogP contribution in [0.15, 0.2) is 52.6 Å². The monoisotopic (exact) mass is 384 g/mol. The Hall–Kier alpha value is -2.80. The van der Waals surface area contributed by atoms with Crippen molar-refractivity contribution in [1.29, 1.82) is 0 Å². The van der Waals surface area contributed by atoms with Gasteiger partial charge >= 0.3 is 0 Å². The Morgan fingerprint density at radius 3 is 2.59 bits per heavy atom. The molecule has 0 bridgehead atoms. The number of hydrogen-bond acceptors (Lipinski definition) is 4. The van der Waals surface area contributed by atoms with E-state index in [9.17, 15) is 9.59 Å². The number of rotatable bonds is 7. The molecule has 0 aliphatic carbocycles. The zero-order valence-electron chi connectivity index (χ0n) is 15.7. The third-order valence-electron chi connectivity index (χ3n) is 4.56.